The van der Waals surface area contributed by atoms with Crippen LogP contribution in [-0.2, 0) is 13.1 Å². The van der Waals surface area contributed by atoms with E-state index in [0.29, 0.717) is 0 Å². The number of rotatable bonds is 9. The van der Waals surface area contributed by atoms with Gasteiger partial charge in [-0.15, -0.1) is 0 Å². The number of aryl methyl sites for hydroxylation is 4. The van der Waals surface area contributed by atoms with Crippen molar-refractivity contribution in [1.82, 2.24) is 10.6 Å². The molecule has 4 aromatic carbocycles. The predicted molar refractivity (Wildman–Crippen MR) is 144 cm³/mol. The van der Waals surface area contributed by atoms with E-state index >= 15 is 0 Å². The van der Waals surface area contributed by atoms with E-state index in [2.05, 4.69) is 135 Å². The molecule has 0 aromatic heterocycles. The van der Waals surface area contributed by atoms with Gasteiger partial charge in [0.05, 0.1) is 12.1 Å². The molecule has 0 fully saturated rings. The molecule has 0 saturated carbocycles. The van der Waals surface area contributed by atoms with Crippen molar-refractivity contribution in [2.75, 3.05) is 0 Å². The number of hydrogen-bond donors (Lipinski definition) is 2. The van der Waals surface area contributed by atoms with Crippen LogP contribution in [0.2, 0.25) is 0 Å². The molecule has 0 radical (unpaired) electrons. The Kier molecular flexibility index (Phi) is 7.95. The molecule has 4 aromatic rings. The van der Waals surface area contributed by atoms with Crippen LogP contribution < -0.4 is 10.6 Å². The molecule has 0 amide bonds. The summed E-state index contributed by atoms with van der Waals surface area (Å²) in [7, 11) is 0. The maximum Gasteiger partial charge on any atom is 0.0521 e. The Hall–Kier alpha value is -3.20. The summed E-state index contributed by atoms with van der Waals surface area (Å²) in [5, 5.41) is 7.84. The Labute approximate surface area is 205 Å². The minimum atomic E-state index is 0.115. The minimum absolute atomic E-state index is 0.115. The molecule has 0 aliphatic rings. The first-order valence-corrected chi connectivity index (χ1v) is 12.2. The van der Waals surface area contributed by atoms with Gasteiger partial charge in [-0.2, -0.15) is 0 Å². The van der Waals surface area contributed by atoms with Gasteiger partial charge < -0.3 is 10.6 Å². The van der Waals surface area contributed by atoms with Crippen LogP contribution in [0.15, 0.2) is 97.1 Å². The molecule has 0 saturated heterocycles. The third kappa shape index (κ3) is 6.44. The number of nitrogens with one attached hydrogen (secondary N) is 2. The molecule has 0 bridgehead atoms. The Morgan fingerprint density at radius 2 is 0.794 bits per heavy atom. The fourth-order valence-corrected chi connectivity index (χ4v) is 4.88. The number of hydrogen-bond acceptors (Lipinski definition) is 2. The molecule has 174 valence electrons. The summed E-state index contributed by atoms with van der Waals surface area (Å²) >= 11 is 0. The van der Waals surface area contributed by atoms with Gasteiger partial charge in [0.15, 0.2) is 0 Å². The Morgan fingerprint density at radius 3 is 1.12 bits per heavy atom. The fraction of sp³-hybridized carbons (Fsp3) is 0.250. The highest BCUT2D eigenvalue weighted by Crippen LogP contribution is 2.32. The van der Waals surface area contributed by atoms with Crippen LogP contribution in [0.4, 0.5) is 0 Å². The Balaban J connectivity index is 1.74. The first-order chi connectivity index (χ1) is 16.5. The standard InChI is InChI=1S/C32H36N2/c1-23-15-24(2)18-29(17-23)31(33-21-27-11-7-5-8-12-27)32(30-19-25(3)16-26(4)20-30)34-22-28-13-9-6-10-14-28/h5-20,31-34H,21-22H2,1-4H3/t31-,32?/m0/s1. The molecule has 2 heteroatoms. The zero-order valence-electron chi connectivity index (χ0n) is 20.8. The molecule has 0 heterocycles. The van der Waals surface area contributed by atoms with Crippen LogP contribution in [-0.4, -0.2) is 0 Å². The zero-order valence-corrected chi connectivity index (χ0v) is 20.8. The smallest absolute Gasteiger partial charge is 0.0521 e. The lowest BCUT2D eigenvalue weighted by Gasteiger charge is -2.31. The third-order valence-corrected chi connectivity index (χ3v) is 6.28. The van der Waals surface area contributed by atoms with E-state index in [1.165, 1.54) is 44.5 Å². The lowest BCUT2D eigenvalue weighted by Crippen LogP contribution is -2.35. The van der Waals surface area contributed by atoms with Crippen molar-refractivity contribution >= 4 is 0 Å². The topological polar surface area (TPSA) is 24.1 Å². The van der Waals surface area contributed by atoms with Gasteiger partial charge in [0.1, 0.15) is 0 Å². The summed E-state index contributed by atoms with van der Waals surface area (Å²) in [5.41, 5.74) is 10.4. The van der Waals surface area contributed by atoms with E-state index in [-0.39, 0.29) is 12.1 Å². The van der Waals surface area contributed by atoms with Crippen LogP contribution in [0.1, 0.15) is 56.6 Å². The molecule has 34 heavy (non-hydrogen) atoms. The molecule has 2 nitrogen and oxygen atoms in total. The molecule has 1 unspecified atom stereocenters. The summed E-state index contributed by atoms with van der Waals surface area (Å²) in [6.07, 6.45) is 0. The van der Waals surface area contributed by atoms with E-state index < -0.39 is 0 Å². The average molecular weight is 449 g/mol. The second kappa shape index (κ2) is 11.3. The van der Waals surface area contributed by atoms with E-state index in [0.717, 1.165) is 13.1 Å². The monoisotopic (exact) mass is 448 g/mol. The van der Waals surface area contributed by atoms with Crippen molar-refractivity contribution in [3.8, 4) is 0 Å². The first kappa shape index (κ1) is 23.9. The average Bonchev–Trinajstić information content (AvgIpc) is 2.81. The van der Waals surface area contributed by atoms with Gasteiger partial charge in [-0.05, 0) is 49.9 Å². The van der Waals surface area contributed by atoms with Gasteiger partial charge in [-0.25, -0.2) is 0 Å². The van der Waals surface area contributed by atoms with Crippen LogP contribution >= 0.6 is 0 Å². The Morgan fingerprint density at radius 1 is 0.471 bits per heavy atom. The van der Waals surface area contributed by atoms with Crippen molar-refractivity contribution in [3.05, 3.63) is 142 Å². The largest absolute Gasteiger partial charge is 0.304 e. The molecule has 0 aliphatic carbocycles. The lowest BCUT2D eigenvalue weighted by molar-refractivity contribution is 0.380. The van der Waals surface area contributed by atoms with E-state index in [9.17, 15) is 0 Å². The quantitative estimate of drug-likeness (QED) is 0.281. The van der Waals surface area contributed by atoms with Gasteiger partial charge in [0.25, 0.3) is 0 Å². The fourth-order valence-electron chi connectivity index (χ4n) is 4.88. The van der Waals surface area contributed by atoms with Gasteiger partial charge in [-0.1, -0.05) is 119 Å². The first-order valence-electron chi connectivity index (χ1n) is 12.2. The van der Waals surface area contributed by atoms with Crippen LogP contribution in [0, 0.1) is 27.7 Å². The molecule has 4 rings (SSSR count). The zero-order chi connectivity index (χ0) is 23.9. The van der Waals surface area contributed by atoms with Crippen LogP contribution in [0.25, 0.3) is 0 Å². The van der Waals surface area contributed by atoms with Crippen molar-refractivity contribution in [3.63, 3.8) is 0 Å². The SMILES string of the molecule is Cc1cc(C)cc(C(NCc2ccccc2)[C@@H](NCc2ccccc2)c2cc(C)cc(C)c2)c1. The summed E-state index contributed by atoms with van der Waals surface area (Å²) in [5.74, 6) is 0. The van der Waals surface area contributed by atoms with E-state index in [4.69, 9.17) is 0 Å². The van der Waals surface area contributed by atoms with Crippen molar-refractivity contribution < 1.29 is 0 Å². The lowest BCUT2D eigenvalue weighted by atomic mass is 9.89. The van der Waals surface area contributed by atoms with Gasteiger partial charge in [0.2, 0.25) is 0 Å². The summed E-state index contributed by atoms with van der Waals surface area (Å²) in [6.45, 7) is 10.4. The molecule has 2 atom stereocenters. The van der Waals surface area contributed by atoms with Gasteiger partial charge in [-0.3, -0.25) is 0 Å². The van der Waals surface area contributed by atoms with E-state index in [1.807, 2.05) is 0 Å². The molecule has 0 aliphatic heterocycles. The van der Waals surface area contributed by atoms with Crippen LogP contribution in [0.5, 0.6) is 0 Å². The van der Waals surface area contributed by atoms with Crippen molar-refractivity contribution in [2.45, 2.75) is 52.9 Å². The highest BCUT2D eigenvalue weighted by atomic mass is 15.0. The maximum absolute atomic E-state index is 3.92. The predicted octanol–water partition coefficient (Wildman–Crippen LogP) is 7.28. The second-order valence-corrected chi connectivity index (χ2v) is 9.53. The van der Waals surface area contributed by atoms with Gasteiger partial charge >= 0.3 is 0 Å². The molecular formula is C32H36N2. The van der Waals surface area contributed by atoms with Crippen molar-refractivity contribution in [2.24, 2.45) is 0 Å². The molecule has 0 spiro atoms. The number of benzene rings is 4. The molecular weight excluding hydrogens is 412 g/mol. The highest BCUT2D eigenvalue weighted by molar-refractivity contribution is 5.37. The normalized spacial score (nSPS) is 12.9. The van der Waals surface area contributed by atoms with Crippen LogP contribution in [0.3, 0.4) is 0 Å². The maximum atomic E-state index is 3.92. The van der Waals surface area contributed by atoms with Gasteiger partial charge in [0, 0.05) is 13.1 Å². The summed E-state index contributed by atoms with van der Waals surface area (Å²) < 4.78 is 0. The third-order valence-electron chi connectivity index (χ3n) is 6.28. The van der Waals surface area contributed by atoms with E-state index in [1.54, 1.807) is 0 Å². The summed E-state index contributed by atoms with van der Waals surface area (Å²) in [6, 6.07) is 35.4. The van der Waals surface area contributed by atoms with Crippen molar-refractivity contribution in [1.29, 1.82) is 0 Å². The Bertz CT molecular complexity index is 1060. The molecule has 2 N–H and O–H groups in total. The second-order valence-electron chi connectivity index (χ2n) is 9.53. The highest BCUT2D eigenvalue weighted by Gasteiger charge is 2.25. The summed E-state index contributed by atoms with van der Waals surface area (Å²) in [4.78, 5) is 0. The minimum Gasteiger partial charge on any atom is -0.304 e.